The van der Waals surface area contributed by atoms with Gasteiger partial charge in [-0.25, -0.2) is 0 Å². The first-order valence-electron chi connectivity index (χ1n) is 7.13. The average molecular weight is 265 g/mol. The number of rotatable bonds is 4. The van der Waals surface area contributed by atoms with E-state index in [1.54, 1.807) is 0 Å². The predicted octanol–water partition coefficient (Wildman–Crippen LogP) is 0.110. The minimum absolute atomic E-state index is 0.356. The van der Waals surface area contributed by atoms with E-state index in [2.05, 4.69) is 25.0 Å². The van der Waals surface area contributed by atoms with Gasteiger partial charge < -0.3 is 14.6 Å². The number of fused-ring (bicyclic) bond motifs is 1. The molecule has 0 spiro atoms. The standard InChI is InChI=1S/C13H23N5O/c1-14-9-13(2-6-19-7-3-13)10-17-4-5-18-11-15-16-12(18)8-17/h11,14H,2-10H2,1H3. The van der Waals surface area contributed by atoms with E-state index in [4.69, 9.17) is 4.74 Å². The maximum Gasteiger partial charge on any atom is 0.147 e. The summed E-state index contributed by atoms with van der Waals surface area (Å²) >= 11 is 0. The lowest BCUT2D eigenvalue weighted by atomic mass is 9.79. The van der Waals surface area contributed by atoms with E-state index in [-0.39, 0.29) is 0 Å². The summed E-state index contributed by atoms with van der Waals surface area (Å²) in [6, 6.07) is 0. The average Bonchev–Trinajstić information content (AvgIpc) is 2.87. The summed E-state index contributed by atoms with van der Waals surface area (Å²) in [6.07, 6.45) is 4.14. The molecule has 0 aliphatic carbocycles. The van der Waals surface area contributed by atoms with Gasteiger partial charge in [0.2, 0.25) is 0 Å². The number of hydrogen-bond donors (Lipinski definition) is 1. The zero-order chi connectivity index (χ0) is 13.1. The lowest BCUT2D eigenvalue weighted by Gasteiger charge is -2.42. The molecule has 0 radical (unpaired) electrons. The number of hydrogen-bond acceptors (Lipinski definition) is 5. The monoisotopic (exact) mass is 265 g/mol. The molecule has 3 heterocycles. The minimum Gasteiger partial charge on any atom is -0.381 e. The van der Waals surface area contributed by atoms with E-state index in [0.29, 0.717) is 5.41 Å². The second-order valence-corrected chi connectivity index (χ2v) is 5.79. The molecule has 0 amide bonds. The topological polar surface area (TPSA) is 55.2 Å². The third kappa shape index (κ3) is 2.80. The molecule has 19 heavy (non-hydrogen) atoms. The molecule has 3 rings (SSSR count). The molecular weight excluding hydrogens is 242 g/mol. The Labute approximate surface area is 114 Å². The van der Waals surface area contributed by atoms with Crippen LogP contribution in [0.5, 0.6) is 0 Å². The van der Waals surface area contributed by atoms with E-state index in [0.717, 1.165) is 64.6 Å². The number of nitrogens with one attached hydrogen (secondary N) is 1. The molecule has 1 fully saturated rings. The van der Waals surface area contributed by atoms with Gasteiger partial charge in [-0.15, -0.1) is 10.2 Å². The van der Waals surface area contributed by atoms with E-state index in [1.807, 2.05) is 13.4 Å². The zero-order valence-corrected chi connectivity index (χ0v) is 11.6. The molecule has 0 atom stereocenters. The van der Waals surface area contributed by atoms with Gasteiger partial charge in [0.25, 0.3) is 0 Å². The largest absolute Gasteiger partial charge is 0.381 e. The Morgan fingerprint density at radius 1 is 1.37 bits per heavy atom. The van der Waals surface area contributed by atoms with Crippen molar-refractivity contribution in [1.82, 2.24) is 25.0 Å². The molecule has 6 nitrogen and oxygen atoms in total. The molecule has 1 aromatic rings. The van der Waals surface area contributed by atoms with Crippen LogP contribution in [-0.2, 0) is 17.8 Å². The van der Waals surface area contributed by atoms with Gasteiger partial charge >= 0.3 is 0 Å². The number of ether oxygens (including phenoxy) is 1. The highest BCUT2D eigenvalue weighted by Gasteiger charge is 2.34. The van der Waals surface area contributed by atoms with Crippen molar-refractivity contribution in [1.29, 1.82) is 0 Å². The maximum atomic E-state index is 5.53. The molecule has 6 heteroatoms. The van der Waals surface area contributed by atoms with Crippen molar-refractivity contribution in [2.45, 2.75) is 25.9 Å². The van der Waals surface area contributed by atoms with Crippen molar-refractivity contribution < 1.29 is 4.74 Å². The molecule has 0 bridgehead atoms. The third-order valence-corrected chi connectivity index (χ3v) is 4.38. The van der Waals surface area contributed by atoms with Crippen LogP contribution in [-0.4, -0.2) is 59.6 Å². The first-order valence-corrected chi connectivity index (χ1v) is 7.13. The van der Waals surface area contributed by atoms with Crippen LogP contribution in [0.25, 0.3) is 0 Å². The molecule has 0 unspecified atom stereocenters. The lowest BCUT2D eigenvalue weighted by Crippen LogP contribution is -2.48. The summed E-state index contributed by atoms with van der Waals surface area (Å²) in [5.41, 5.74) is 0.356. The summed E-state index contributed by atoms with van der Waals surface area (Å²) in [4.78, 5) is 2.52. The predicted molar refractivity (Wildman–Crippen MR) is 71.7 cm³/mol. The maximum absolute atomic E-state index is 5.53. The first-order chi connectivity index (χ1) is 9.31. The van der Waals surface area contributed by atoms with Crippen LogP contribution in [0.15, 0.2) is 6.33 Å². The quantitative estimate of drug-likeness (QED) is 0.837. The molecule has 1 N–H and O–H groups in total. The van der Waals surface area contributed by atoms with Crippen LogP contribution in [0.3, 0.4) is 0 Å². The first kappa shape index (κ1) is 13.0. The fourth-order valence-corrected chi connectivity index (χ4v) is 3.30. The minimum atomic E-state index is 0.356. The Bertz CT molecular complexity index is 407. The van der Waals surface area contributed by atoms with Crippen LogP contribution < -0.4 is 5.32 Å². The van der Waals surface area contributed by atoms with Gasteiger partial charge in [0.05, 0.1) is 6.54 Å². The van der Waals surface area contributed by atoms with Gasteiger partial charge in [-0.2, -0.15) is 0 Å². The normalized spacial score (nSPS) is 23.2. The Morgan fingerprint density at radius 2 is 2.21 bits per heavy atom. The number of aromatic nitrogens is 3. The second-order valence-electron chi connectivity index (χ2n) is 5.79. The van der Waals surface area contributed by atoms with Crippen LogP contribution in [0.1, 0.15) is 18.7 Å². The van der Waals surface area contributed by atoms with Gasteiger partial charge in [0.1, 0.15) is 12.2 Å². The SMILES string of the molecule is CNCC1(CN2CCn3cnnc3C2)CCOCC1. The van der Waals surface area contributed by atoms with Crippen LogP contribution >= 0.6 is 0 Å². The summed E-state index contributed by atoms with van der Waals surface area (Å²) in [5.74, 6) is 1.10. The van der Waals surface area contributed by atoms with Gasteiger partial charge in [0.15, 0.2) is 0 Å². The summed E-state index contributed by atoms with van der Waals surface area (Å²) in [7, 11) is 2.05. The fraction of sp³-hybridized carbons (Fsp3) is 0.846. The highest BCUT2D eigenvalue weighted by Crippen LogP contribution is 2.31. The van der Waals surface area contributed by atoms with Crippen LogP contribution in [0.4, 0.5) is 0 Å². The Kier molecular flexibility index (Phi) is 3.81. The van der Waals surface area contributed by atoms with E-state index in [1.165, 1.54) is 0 Å². The molecule has 1 aromatic heterocycles. The van der Waals surface area contributed by atoms with E-state index >= 15 is 0 Å². The fourth-order valence-electron chi connectivity index (χ4n) is 3.30. The summed E-state index contributed by atoms with van der Waals surface area (Å²) in [5, 5.41) is 11.6. The second kappa shape index (κ2) is 5.56. The molecular formula is C13H23N5O. The smallest absolute Gasteiger partial charge is 0.147 e. The molecule has 106 valence electrons. The summed E-state index contributed by atoms with van der Waals surface area (Å²) in [6.45, 7) is 7.01. The molecule has 0 saturated carbocycles. The highest BCUT2D eigenvalue weighted by atomic mass is 16.5. The Morgan fingerprint density at radius 3 is 3.00 bits per heavy atom. The van der Waals surface area contributed by atoms with Crippen LogP contribution in [0.2, 0.25) is 0 Å². The zero-order valence-electron chi connectivity index (χ0n) is 11.6. The van der Waals surface area contributed by atoms with Gasteiger partial charge in [-0.05, 0) is 25.3 Å². The Hall–Kier alpha value is -0.980. The van der Waals surface area contributed by atoms with Gasteiger partial charge in [-0.1, -0.05) is 0 Å². The molecule has 0 aromatic carbocycles. The van der Waals surface area contributed by atoms with Crippen molar-refractivity contribution in [3.8, 4) is 0 Å². The van der Waals surface area contributed by atoms with Gasteiger partial charge in [-0.3, -0.25) is 4.90 Å². The van der Waals surface area contributed by atoms with Crippen LogP contribution in [0, 0.1) is 5.41 Å². The highest BCUT2D eigenvalue weighted by molar-refractivity contribution is 4.93. The molecule has 2 aliphatic heterocycles. The van der Waals surface area contributed by atoms with Crippen molar-refractivity contribution in [3.05, 3.63) is 12.2 Å². The Balaban J connectivity index is 1.66. The van der Waals surface area contributed by atoms with E-state index < -0.39 is 0 Å². The number of nitrogens with zero attached hydrogens (tertiary/aromatic N) is 4. The lowest BCUT2D eigenvalue weighted by molar-refractivity contribution is -0.00798. The summed E-state index contributed by atoms with van der Waals surface area (Å²) < 4.78 is 7.69. The van der Waals surface area contributed by atoms with Crippen molar-refractivity contribution >= 4 is 0 Å². The van der Waals surface area contributed by atoms with Crippen molar-refractivity contribution in [2.75, 3.05) is 39.9 Å². The molecule has 2 aliphatic rings. The van der Waals surface area contributed by atoms with E-state index in [9.17, 15) is 0 Å². The molecule has 1 saturated heterocycles. The van der Waals surface area contributed by atoms with Crippen molar-refractivity contribution in [3.63, 3.8) is 0 Å². The van der Waals surface area contributed by atoms with Gasteiger partial charge in [0, 0.05) is 39.4 Å². The third-order valence-electron chi connectivity index (χ3n) is 4.38. The van der Waals surface area contributed by atoms with Crippen molar-refractivity contribution in [2.24, 2.45) is 5.41 Å².